The SMILES string of the molecule is Cn1cc2ccc(-c3ccc(CN4Cc5ncccc5C4=O)c(F)c3)cc2n1. The highest BCUT2D eigenvalue weighted by Gasteiger charge is 2.28. The Balaban J connectivity index is 1.41. The van der Waals surface area contributed by atoms with Crippen LogP contribution in [0.3, 0.4) is 0 Å². The number of halogens is 1. The van der Waals surface area contributed by atoms with Crippen molar-refractivity contribution < 1.29 is 9.18 Å². The van der Waals surface area contributed by atoms with Crippen LogP contribution < -0.4 is 0 Å². The van der Waals surface area contributed by atoms with Gasteiger partial charge in [0.2, 0.25) is 0 Å². The van der Waals surface area contributed by atoms with Crippen molar-refractivity contribution in [2.45, 2.75) is 13.1 Å². The minimum Gasteiger partial charge on any atom is -0.328 e. The molecule has 3 heterocycles. The van der Waals surface area contributed by atoms with Crippen LogP contribution in [0.15, 0.2) is 60.9 Å². The molecule has 1 aliphatic heterocycles. The zero-order valence-corrected chi connectivity index (χ0v) is 15.3. The summed E-state index contributed by atoms with van der Waals surface area (Å²) >= 11 is 0. The van der Waals surface area contributed by atoms with E-state index in [0.717, 1.165) is 27.7 Å². The summed E-state index contributed by atoms with van der Waals surface area (Å²) in [6, 6.07) is 14.6. The van der Waals surface area contributed by atoms with Crippen molar-refractivity contribution in [3.63, 3.8) is 0 Å². The van der Waals surface area contributed by atoms with Crippen molar-refractivity contribution in [1.29, 1.82) is 0 Å². The molecule has 0 saturated heterocycles. The third kappa shape index (κ3) is 2.74. The normalized spacial score (nSPS) is 13.4. The Bertz CT molecular complexity index is 1230. The van der Waals surface area contributed by atoms with Crippen molar-refractivity contribution in [1.82, 2.24) is 19.7 Å². The third-order valence-corrected chi connectivity index (χ3v) is 5.12. The van der Waals surface area contributed by atoms with E-state index in [1.807, 2.05) is 37.5 Å². The van der Waals surface area contributed by atoms with Gasteiger partial charge in [0.1, 0.15) is 5.82 Å². The maximum absolute atomic E-state index is 14.8. The fourth-order valence-electron chi connectivity index (χ4n) is 3.69. The first-order valence-corrected chi connectivity index (χ1v) is 9.04. The van der Waals surface area contributed by atoms with Gasteiger partial charge in [0.25, 0.3) is 5.91 Å². The second-order valence-corrected chi connectivity index (χ2v) is 7.04. The van der Waals surface area contributed by atoms with Gasteiger partial charge in [-0.1, -0.05) is 24.3 Å². The smallest absolute Gasteiger partial charge is 0.256 e. The van der Waals surface area contributed by atoms with Gasteiger partial charge in [-0.25, -0.2) is 4.39 Å². The van der Waals surface area contributed by atoms with Crippen LogP contribution in [0.5, 0.6) is 0 Å². The second-order valence-electron chi connectivity index (χ2n) is 7.04. The summed E-state index contributed by atoms with van der Waals surface area (Å²) in [5.41, 5.74) is 4.40. The van der Waals surface area contributed by atoms with E-state index < -0.39 is 0 Å². The lowest BCUT2D eigenvalue weighted by atomic mass is 10.0. The van der Waals surface area contributed by atoms with E-state index in [0.29, 0.717) is 17.7 Å². The molecule has 0 fully saturated rings. The van der Waals surface area contributed by atoms with Crippen LogP contribution in [-0.2, 0) is 20.1 Å². The van der Waals surface area contributed by atoms with E-state index in [-0.39, 0.29) is 18.3 Å². The lowest BCUT2D eigenvalue weighted by Gasteiger charge is -2.16. The summed E-state index contributed by atoms with van der Waals surface area (Å²) in [6.45, 7) is 0.632. The standard InChI is InChI=1S/C22H17FN4O/c1-26-11-17-7-5-15(10-20(17)25-26)14-4-6-16(19(23)9-14)12-27-13-21-18(22(27)28)3-2-8-24-21/h2-11H,12-13H2,1H3. The molecule has 1 aliphatic rings. The van der Waals surface area contributed by atoms with Crippen LogP contribution in [-0.4, -0.2) is 25.6 Å². The van der Waals surface area contributed by atoms with Gasteiger partial charge in [0.15, 0.2) is 0 Å². The molecule has 0 saturated carbocycles. The summed E-state index contributed by atoms with van der Waals surface area (Å²) in [6.07, 6.45) is 3.62. The molecule has 0 radical (unpaired) electrons. The molecule has 6 heteroatoms. The Morgan fingerprint density at radius 1 is 1.11 bits per heavy atom. The number of carbonyl (C=O) groups excluding carboxylic acids is 1. The zero-order valence-electron chi connectivity index (χ0n) is 15.3. The van der Waals surface area contributed by atoms with Crippen molar-refractivity contribution in [3.05, 3.63) is 83.6 Å². The summed E-state index contributed by atoms with van der Waals surface area (Å²) in [7, 11) is 1.88. The van der Waals surface area contributed by atoms with Gasteiger partial charge in [-0.05, 0) is 35.4 Å². The number of fused-ring (bicyclic) bond motifs is 2. The topological polar surface area (TPSA) is 51.0 Å². The number of nitrogens with zero attached hydrogens (tertiary/aromatic N) is 4. The van der Waals surface area contributed by atoms with Crippen LogP contribution in [0.4, 0.5) is 4.39 Å². The molecule has 2 aromatic heterocycles. The van der Waals surface area contributed by atoms with E-state index in [2.05, 4.69) is 10.1 Å². The number of hydrogen-bond donors (Lipinski definition) is 0. The monoisotopic (exact) mass is 372 g/mol. The molecule has 4 aromatic rings. The van der Waals surface area contributed by atoms with Gasteiger partial charge < -0.3 is 4.90 Å². The summed E-state index contributed by atoms with van der Waals surface area (Å²) < 4.78 is 16.6. The van der Waals surface area contributed by atoms with E-state index in [9.17, 15) is 9.18 Å². The Hall–Kier alpha value is -3.54. The van der Waals surface area contributed by atoms with Crippen LogP contribution >= 0.6 is 0 Å². The average Bonchev–Trinajstić information content (AvgIpc) is 3.22. The van der Waals surface area contributed by atoms with Gasteiger partial charge in [0, 0.05) is 36.9 Å². The van der Waals surface area contributed by atoms with E-state index in [1.54, 1.807) is 34.0 Å². The number of benzene rings is 2. The minimum absolute atomic E-state index is 0.104. The molecule has 5 rings (SSSR count). The van der Waals surface area contributed by atoms with E-state index >= 15 is 0 Å². The van der Waals surface area contributed by atoms with Crippen molar-refractivity contribution in [2.75, 3.05) is 0 Å². The molecule has 138 valence electrons. The maximum atomic E-state index is 14.8. The molecule has 2 aromatic carbocycles. The number of amides is 1. The summed E-state index contributed by atoms with van der Waals surface area (Å²) in [5, 5.41) is 5.45. The highest BCUT2D eigenvalue weighted by Crippen LogP contribution is 2.27. The maximum Gasteiger partial charge on any atom is 0.256 e. The van der Waals surface area contributed by atoms with Gasteiger partial charge in [-0.3, -0.25) is 14.5 Å². The molecule has 0 unspecified atom stereocenters. The number of hydrogen-bond acceptors (Lipinski definition) is 3. The fourth-order valence-corrected chi connectivity index (χ4v) is 3.69. The number of aryl methyl sites for hydroxylation is 1. The minimum atomic E-state index is -0.324. The Morgan fingerprint density at radius 2 is 1.93 bits per heavy atom. The molecule has 0 aliphatic carbocycles. The van der Waals surface area contributed by atoms with Crippen molar-refractivity contribution >= 4 is 16.8 Å². The molecule has 5 nitrogen and oxygen atoms in total. The van der Waals surface area contributed by atoms with Gasteiger partial charge in [-0.15, -0.1) is 0 Å². The molecule has 0 N–H and O–H groups in total. The third-order valence-electron chi connectivity index (χ3n) is 5.12. The van der Waals surface area contributed by atoms with Crippen LogP contribution in [0.2, 0.25) is 0 Å². The highest BCUT2D eigenvalue weighted by atomic mass is 19.1. The van der Waals surface area contributed by atoms with Crippen LogP contribution in [0, 0.1) is 5.82 Å². The molecule has 0 atom stereocenters. The van der Waals surface area contributed by atoms with Crippen molar-refractivity contribution in [2.24, 2.45) is 7.05 Å². The van der Waals surface area contributed by atoms with Crippen molar-refractivity contribution in [3.8, 4) is 11.1 Å². The summed E-state index contributed by atoms with van der Waals surface area (Å²) in [5.74, 6) is -0.428. The number of pyridine rings is 1. The first-order chi connectivity index (χ1) is 13.6. The second kappa shape index (κ2) is 6.27. The lowest BCUT2D eigenvalue weighted by Crippen LogP contribution is -2.23. The molecule has 28 heavy (non-hydrogen) atoms. The van der Waals surface area contributed by atoms with Crippen LogP contribution in [0.25, 0.3) is 22.0 Å². The molecule has 1 amide bonds. The predicted molar refractivity (Wildman–Crippen MR) is 104 cm³/mol. The highest BCUT2D eigenvalue weighted by molar-refractivity contribution is 5.97. The van der Waals surface area contributed by atoms with E-state index in [1.165, 1.54) is 6.07 Å². The first-order valence-electron chi connectivity index (χ1n) is 9.04. The largest absolute Gasteiger partial charge is 0.328 e. The predicted octanol–water partition coefficient (Wildman–Crippen LogP) is 3.93. The quantitative estimate of drug-likeness (QED) is 0.548. The number of rotatable bonds is 3. The summed E-state index contributed by atoms with van der Waals surface area (Å²) in [4.78, 5) is 18.3. The Labute approximate surface area is 161 Å². The molecule has 0 spiro atoms. The Kier molecular flexibility index (Phi) is 3.72. The van der Waals surface area contributed by atoms with Gasteiger partial charge in [-0.2, -0.15) is 5.10 Å². The van der Waals surface area contributed by atoms with Gasteiger partial charge in [0.05, 0.1) is 23.3 Å². The average molecular weight is 372 g/mol. The van der Waals surface area contributed by atoms with Gasteiger partial charge >= 0.3 is 0 Å². The lowest BCUT2D eigenvalue weighted by molar-refractivity contribution is 0.0765. The fraction of sp³-hybridized carbons (Fsp3) is 0.136. The molecular weight excluding hydrogens is 355 g/mol. The molecular formula is C22H17FN4O. The van der Waals surface area contributed by atoms with E-state index in [4.69, 9.17) is 0 Å². The zero-order chi connectivity index (χ0) is 19.3. The first kappa shape index (κ1) is 16.6. The number of aromatic nitrogens is 3. The number of carbonyl (C=O) groups is 1. The molecule has 0 bridgehead atoms. The Morgan fingerprint density at radius 3 is 2.75 bits per heavy atom. The van der Waals surface area contributed by atoms with Crippen LogP contribution in [0.1, 0.15) is 21.6 Å².